The number of allylic oxidation sites excluding steroid dienone is 8. The Labute approximate surface area is 235 Å². The number of carbonyl (C=O) groups excluding carboxylic acids is 1. The van der Waals surface area contributed by atoms with E-state index in [0.717, 1.165) is 30.3 Å². The van der Waals surface area contributed by atoms with Gasteiger partial charge in [0.25, 0.3) is 0 Å². The maximum absolute atomic E-state index is 12.0. The fourth-order valence-corrected chi connectivity index (χ4v) is 7.33. The van der Waals surface area contributed by atoms with Crippen molar-refractivity contribution in [2.24, 2.45) is 23.2 Å². The van der Waals surface area contributed by atoms with Crippen molar-refractivity contribution in [3.8, 4) is 0 Å². The van der Waals surface area contributed by atoms with Gasteiger partial charge < -0.3 is 25.5 Å². The lowest BCUT2D eigenvalue weighted by Crippen LogP contribution is -2.61. The van der Waals surface area contributed by atoms with Crippen LogP contribution in [0.15, 0.2) is 58.7 Å². The zero-order valence-electron chi connectivity index (χ0n) is 24.5. The van der Waals surface area contributed by atoms with Crippen LogP contribution in [0.25, 0.3) is 0 Å². The highest BCUT2D eigenvalue weighted by Gasteiger charge is 2.65. The molecule has 0 aromatic rings. The van der Waals surface area contributed by atoms with E-state index < -0.39 is 17.1 Å². The van der Waals surface area contributed by atoms with Crippen LogP contribution in [0.5, 0.6) is 0 Å². The second-order valence-electron chi connectivity index (χ2n) is 12.1. The minimum Gasteiger partial charge on any atom is -0.396 e. The highest BCUT2D eigenvalue weighted by Crippen LogP contribution is 2.64. The van der Waals surface area contributed by atoms with Crippen LogP contribution in [-0.4, -0.2) is 63.3 Å². The summed E-state index contributed by atoms with van der Waals surface area (Å²) < 4.78 is 0. The molecule has 2 rings (SSSR count). The van der Waals surface area contributed by atoms with Gasteiger partial charge in [-0.1, -0.05) is 47.6 Å². The molecule has 2 fully saturated rings. The molecule has 39 heavy (non-hydrogen) atoms. The molecule has 2 saturated carbocycles. The Bertz CT molecular complexity index is 951. The minimum absolute atomic E-state index is 0.0208. The Kier molecular flexibility index (Phi) is 13.0. The highest BCUT2D eigenvalue weighted by molar-refractivity contribution is 5.74. The number of carbonyl (C=O) groups is 1. The Balaban J connectivity index is 2.45. The van der Waals surface area contributed by atoms with Gasteiger partial charge >= 0.3 is 0 Å². The normalized spacial score (nSPS) is 32.6. The van der Waals surface area contributed by atoms with Crippen molar-refractivity contribution < 1.29 is 30.3 Å². The standard InChI is InChI=1S/C33H52O6/c1-23(2)10-6-11-24(3)12-7-13-27(22-37)28-16-17-33(31(28)38)29(15-9-19-35)30(25(4)21-36)26(14-8-18-34)20-32(33,5)39/h7,10,12-13,21,26,28-29,31,34-35,37-39H,3,6,8-9,11,14-20,22H2,1-2,4-5H3. The molecule has 6 heteroatoms. The SMILES string of the molecule is C=C(C=CC=C(CO)C1CCC2(C(CCCO)C(=C(C)C=O)C(CCCO)CC2(C)O)C1O)CCC=C(C)C. The largest absolute Gasteiger partial charge is 0.396 e. The first-order valence-electron chi connectivity index (χ1n) is 14.6. The van der Waals surface area contributed by atoms with Crippen LogP contribution in [0.1, 0.15) is 85.5 Å². The Morgan fingerprint density at radius 3 is 2.36 bits per heavy atom. The molecule has 0 radical (unpaired) electrons. The molecular weight excluding hydrogens is 492 g/mol. The molecule has 0 aliphatic heterocycles. The molecule has 2 aliphatic carbocycles. The summed E-state index contributed by atoms with van der Waals surface area (Å²) in [4.78, 5) is 12.0. The third-order valence-corrected chi connectivity index (χ3v) is 9.17. The maximum atomic E-state index is 12.0. The smallest absolute Gasteiger partial charge is 0.145 e. The van der Waals surface area contributed by atoms with Gasteiger partial charge in [0, 0.05) is 24.5 Å². The van der Waals surface area contributed by atoms with Gasteiger partial charge in [-0.2, -0.15) is 0 Å². The number of aldehydes is 1. The molecule has 0 bridgehead atoms. The first kappa shape index (κ1) is 33.4. The molecular formula is C33H52O6. The highest BCUT2D eigenvalue weighted by atomic mass is 16.3. The lowest BCUT2D eigenvalue weighted by atomic mass is 9.49. The molecule has 5 N–H and O–H groups in total. The van der Waals surface area contributed by atoms with E-state index in [0.29, 0.717) is 56.1 Å². The van der Waals surface area contributed by atoms with Gasteiger partial charge in [0.2, 0.25) is 0 Å². The summed E-state index contributed by atoms with van der Waals surface area (Å²) in [5.74, 6) is -0.729. The van der Waals surface area contributed by atoms with Crippen LogP contribution < -0.4 is 0 Å². The zero-order chi connectivity index (χ0) is 29.2. The summed E-state index contributed by atoms with van der Waals surface area (Å²) in [7, 11) is 0. The molecule has 0 aromatic carbocycles. The topological polar surface area (TPSA) is 118 Å². The quantitative estimate of drug-likeness (QED) is 0.0912. The van der Waals surface area contributed by atoms with E-state index in [-0.39, 0.29) is 37.6 Å². The van der Waals surface area contributed by atoms with Gasteiger partial charge in [-0.15, -0.1) is 0 Å². The van der Waals surface area contributed by atoms with Crippen LogP contribution in [0.2, 0.25) is 0 Å². The second-order valence-corrected chi connectivity index (χ2v) is 12.1. The van der Waals surface area contributed by atoms with Crippen LogP contribution in [0.3, 0.4) is 0 Å². The maximum Gasteiger partial charge on any atom is 0.145 e. The number of hydrogen-bond donors (Lipinski definition) is 5. The summed E-state index contributed by atoms with van der Waals surface area (Å²) in [5.41, 5.74) is 2.37. The molecule has 2 aliphatic rings. The average Bonchev–Trinajstić information content (AvgIpc) is 3.23. The monoisotopic (exact) mass is 544 g/mol. The third-order valence-electron chi connectivity index (χ3n) is 9.17. The van der Waals surface area contributed by atoms with E-state index >= 15 is 0 Å². The Hall–Kier alpha value is -1.83. The fourth-order valence-electron chi connectivity index (χ4n) is 7.33. The van der Waals surface area contributed by atoms with Crippen molar-refractivity contribution in [2.45, 2.75) is 97.2 Å². The molecule has 6 atom stereocenters. The fraction of sp³-hybridized carbons (Fsp3) is 0.667. The van der Waals surface area contributed by atoms with Crippen LogP contribution in [0.4, 0.5) is 0 Å². The number of aliphatic hydroxyl groups excluding tert-OH is 4. The number of rotatable bonds is 14. The summed E-state index contributed by atoms with van der Waals surface area (Å²) in [6.45, 7) is 11.6. The first-order valence-corrected chi connectivity index (χ1v) is 14.6. The van der Waals surface area contributed by atoms with Gasteiger partial charge in [0.1, 0.15) is 6.29 Å². The molecule has 0 saturated heterocycles. The summed E-state index contributed by atoms with van der Waals surface area (Å²) in [6, 6.07) is 0. The Morgan fingerprint density at radius 2 is 1.77 bits per heavy atom. The van der Waals surface area contributed by atoms with Crippen LogP contribution >= 0.6 is 0 Å². The zero-order valence-corrected chi connectivity index (χ0v) is 24.5. The van der Waals surface area contributed by atoms with E-state index in [2.05, 4.69) is 26.5 Å². The molecule has 6 nitrogen and oxygen atoms in total. The van der Waals surface area contributed by atoms with Gasteiger partial charge in [0.05, 0.1) is 18.3 Å². The van der Waals surface area contributed by atoms with Crippen LogP contribution in [-0.2, 0) is 4.79 Å². The first-order chi connectivity index (χ1) is 18.5. The lowest BCUT2D eigenvalue weighted by Gasteiger charge is -2.58. The molecule has 1 spiro atoms. The van der Waals surface area contributed by atoms with E-state index in [4.69, 9.17) is 0 Å². The van der Waals surface area contributed by atoms with Gasteiger partial charge in [-0.3, -0.25) is 4.79 Å². The van der Waals surface area contributed by atoms with E-state index in [1.165, 1.54) is 5.57 Å². The average molecular weight is 545 g/mol. The molecule has 220 valence electrons. The number of aliphatic hydroxyl groups is 5. The molecule has 6 unspecified atom stereocenters. The summed E-state index contributed by atoms with van der Waals surface area (Å²) >= 11 is 0. The van der Waals surface area contributed by atoms with E-state index in [1.807, 2.05) is 18.2 Å². The van der Waals surface area contributed by atoms with Crippen LogP contribution in [0, 0.1) is 23.2 Å². The van der Waals surface area contributed by atoms with E-state index in [1.54, 1.807) is 13.8 Å². The van der Waals surface area contributed by atoms with Gasteiger partial charge in [0.15, 0.2) is 0 Å². The third kappa shape index (κ3) is 7.68. The van der Waals surface area contributed by atoms with E-state index in [9.17, 15) is 30.3 Å². The summed E-state index contributed by atoms with van der Waals surface area (Å²) in [6.07, 6.45) is 13.3. The molecule has 0 heterocycles. The van der Waals surface area contributed by atoms with Gasteiger partial charge in [-0.25, -0.2) is 0 Å². The lowest BCUT2D eigenvalue weighted by molar-refractivity contribution is -0.177. The molecule has 0 amide bonds. The predicted octanol–water partition coefficient (Wildman–Crippen LogP) is 4.97. The van der Waals surface area contributed by atoms with Crippen molar-refractivity contribution in [2.75, 3.05) is 19.8 Å². The van der Waals surface area contributed by atoms with Crippen molar-refractivity contribution >= 4 is 6.29 Å². The van der Waals surface area contributed by atoms with Crippen molar-refractivity contribution in [3.63, 3.8) is 0 Å². The van der Waals surface area contributed by atoms with Crippen molar-refractivity contribution in [1.29, 1.82) is 0 Å². The minimum atomic E-state index is -1.23. The predicted molar refractivity (Wildman–Crippen MR) is 157 cm³/mol. The summed E-state index contributed by atoms with van der Waals surface area (Å²) in [5, 5.41) is 53.5. The van der Waals surface area contributed by atoms with Crippen molar-refractivity contribution in [3.05, 3.63) is 58.7 Å². The molecule has 0 aromatic heterocycles. The van der Waals surface area contributed by atoms with Gasteiger partial charge in [-0.05, 0) is 108 Å². The Morgan fingerprint density at radius 1 is 1.10 bits per heavy atom. The second kappa shape index (κ2) is 15.2. The van der Waals surface area contributed by atoms with Crippen molar-refractivity contribution in [1.82, 2.24) is 0 Å². The number of hydrogen-bond acceptors (Lipinski definition) is 6.